The molecule has 2 rings (SSSR count). The van der Waals surface area contributed by atoms with Gasteiger partial charge < -0.3 is 15.0 Å². The molecular formula is C17H28N2O. The molecule has 20 heavy (non-hydrogen) atoms. The molecule has 0 radical (unpaired) electrons. The number of nitrogens with zero attached hydrogens (tertiary/aromatic N) is 1. The Hall–Kier alpha value is -1.22. The largest absolute Gasteiger partial charge is 0.494 e. The van der Waals surface area contributed by atoms with E-state index in [4.69, 9.17) is 4.74 Å². The van der Waals surface area contributed by atoms with Gasteiger partial charge in [-0.25, -0.2) is 0 Å². The van der Waals surface area contributed by atoms with E-state index in [0.717, 1.165) is 12.4 Å². The lowest BCUT2D eigenvalue weighted by Gasteiger charge is -2.24. The molecule has 0 aromatic heterocycles. The zero-order valence-corrected chi connectivity index (χ0v) is 13.1. The fraction of sp³-hybridized carbons (Fsp3) is 0.647. The molecule has 1 saturated heterocycles. The van der Waals surface area contributed by atoms with Gasteiger partial charge in [0.1, 0.15) is 5.75 Å². The number of nitrogens with one attached hydrogen (secondary N) is 1. The van der Waals surface area contributed by atoms with E-state index in [2.05, 4.69) is 42.3 Å². The summed E-state index contributed by atoms with van der Waals surface area (Å²) < 4.78 is 5.56. The molecule has 0 aliphatic carbocycles. The number of ether oxygens (including phenoxy) is 1. The minimum absolute atomic E-state index is 0.579. The first kappa shape index (κ1) is 15.2. The van der Waals surface area contributed by atoms with Gasteiger partial charge >= 0.3 is 0 Å². The Balaban J connectivity index is 1.91. The molecule has 3 nitrogen and oxygen atoms in total. The van der Waals surface area contributed by atoms with Gasteiger partial charge in [0.25, 0.3) is 0 Å². The Bertz CT molecular complexity index is 406. The average molecular weight is 276 g/mol. The molecule has 1 aromatic carbocycles. The second kappa shape index (κ2) is 7.53. The SMILES string of the molecule is CCOc1cccc(NC2CCCN(C(C)C)CC2)c1. The Kier molecular flexibility index (Phi) is 5.72. The fourth-order valence-electron chi connectivity index (χ4n) is 2.86. The first-order valence-corrected chi connectivity index (χ1v) is 7.92. The van der Waals surface area contributed by atoms with Crippen LogP contribution < -0.4 is 10.1 Å². The third kappa shape index (κ3) is 4.41. The van der Waals surface area contributed by atoms with Crippen molar-refractivity contribution in [1.82, 2.24) is 4.90 Å². The van der Waals surface area contributed by atoms with E-state index in [1.807, 2.05) is 13.0 Å². The molecular weight excluding hydrogens is 248 g/mol. The van der Waals surface area contributed by atoms with E-state index in [0.29, 0.717) is 12.1 Å². The molecule has 112 valence electrons. The molecule has 1 atom stereocenters. The first-order chi connectivity index (χ1) is 9.69. The number of hydrogen-bond donors (Lipinski definition) is 1. The van der Waals surface area contributed by atoms with Gasteiger partial charge in [-0.1, -0.05) is 6.07 Å². The minimum atomic E-state index is 0.579. The summed E-state index contributed by atoms with van der Waals surface area (Å²) in [5, 5.41) is 3.67. The Morgan fingerprint density at radius 2 is 2.15 bits per heavy atom. The van der Waals surface area contributed by atoms with Crippen molar-refractivity contribution < 1.29 is 4.74 Å². The molecule has 0 amide bonds. The maximum atomic E-state index is 5.56. The molecule has 1 aromatic rings. The summed E-state index contributed by atoms with van der Waals surface area (Å²) in [6.07, 6.45) is 3.75. The van der Waals surface area contributed by atoms with Crippen LogP contribution in [0.15, 0.2) is 24.3 Å². The van der Waals surface area contributed by atoms with Crippen LogP contribution in [0.3, 0.4) is 0 Å². The fourth-order valence-corrected chi connectivity index (χ4v) is 2.86. The van der Waals surface area contributed by atoms with Crippen molar-refractivity contribution in [2.45, 2.75) is 52.1 Å². The number of anilines is 1. The normalized spacial score (nSPS) is 20.7. The predicted octanol–water partition coefficient (Wildman–Crippen LogP) is 3.76. The van der Waals surface area contributed by atoms with E-state index in [-0.39, 0.29) is 0 Å². The number of rotatable bonds is 5. The number of benzene rings is 1. The summed E-state index contributed by atoms with van der Waals surface area (Å²) in [5.74, 6) is 0.954. The molecule has 1 aliphatic heterocycles. The van der Waals surface area contributed by atoms with Crippen LogP contribution in [0.2, 0.25) is 0 Å². The molecule has 1 aliphatic rings. The zero-order chi connectivity index (χ0) is 14.4. The third-order valence-electron chi connectivity index (χ3n) is 4.01. The Morgan fingerprint density at radius 3 is 2.90 bits per heavy atom. The van der Waals surface area contributed by atoms with E-state index in [1.165, 1.54) is 38.0 Å². The lowest BCUT2D eigenvalue weighted by atomic mass is 10.1. The van der Waals surface area contributed by atoms with Crippen molar-refractivity contribution in [2.75, 3.05) is 25.0 Å². The van der Waals surface area contributed by atoms with Crippen molar-refractivity contribution in [3.63, 3.8) is 0 Å². The standard InChI is InChI=1S/C17H28N2O/c1-4-20-17-9-5-7-16(13-17)18-15-8-6-11-19(12-10-15)14(2)3/h5,7,9,13-15,18H,4,6,8,10-12H2,1-3H3. The Labute approximate surface area is 123 Å². The van der Waals surface area contributed by atoms with Crippen molar-refractivity contribution in [1.29, 1.82) is 0 Å². The maximum Gasteiger partial charge on any atom is 0.121 e. The van der Waals surface area contributed by atoms with Gasteiger partial charge in [-0.3, -0.25) is 0 Å². The van der Waals surface area contributed by atoms with Gasteiger partial charge in [-0.05, 0) is 58.7 Å². The molecule has 0 spiro atoms. The van der Waals surface area contributed by atoms with Gasteiger partial charge in [0.05, 0.1) is 6.61 Å². The smallest absolute Gasteiger partial charge is 0.121 e. The quantitative estimate of drug-likeness (QED) is 0.886. The lowest BCUT2D eigenvalue weighted by Crippen LogP contribution is -2.32. The van der Waals surface area contributed by atoms with E-state index >= 15 is 0 Å². The highest BCUT2D eigenvalue weighted by Crippen LogP contribution is 2.21. The monoisotopic (exact) mass is 276 g/mol. The van der Waals surface area contributed by atoms with Crippen LogP contribution >= 0.6 is 0 Å². The highest BCUT2D eigenvalue weighted by atomic mass is 16.5. The summed E-state index contributed by atoms with van der Waals surface area (Å²) in [6, 6.07) is 9.56. The van der Waals surface area contributed by atoms with Gasteiger partial charge in [0.2, 0.25) is 0 Å². The van der Waals surface area contributed by atoms with Crippen molar-refractivity contribution in [2.24, 2.45) is 0 Å². The van der Waals surface area contributed by atoms with E-state index in [1.54, 1.807) is 0 Å². The van der Waals surface area contributed by atoms with Crippen LogP contribution in [0.25, 0.3) is 0 Å². The number of likely N-dealkylation sites (tertiary alicyclic amines) is 1. The molecule has 1 N–H and O–H groups in total. The van der Waals surface area contributed by atoms with Gasteiger partial charge in [-0.2, -0.15) is 0 Å². The molecule has 1 unspecified atom stereocenters. The van der Waals surface area contributed by atoms with Crippen LogP contribution in [0.4, 0.5) is 5.69 Å². The van der Waals surface area contributed by atoms with Crippen molar-refractivity contribution in [3.05, 3.63) is 24.3 Å². The lowest BCUT2D eigenvalue weighted by molar-refractivity contribution is 0.230. The first-order valence-electron chi connectivity index (χ1n) is 7.92. The highest BCUT2D eigenvalue weighted by molar-refractivity contribution is 5.48. The molecule has 1 heterocycles. The molecule has 1 fully saturated rings. The van der Waals surface area contributed by atoms with Gasteiger partial charge in [0, 0.05) is 30.4 Å². The predicted molar refractivity (Wildman–Crippen MR) is 85.6 cm³/mol. The summed E-state index contributed by atoms with van der Waals surface area (Å²) >= 11 is 0. The zero-order valence-electron chi connectivity index (χ0n) is 13.1. The Morgan fingerprint density at radius 1 is 1.30 bits per heavy atom. The van der Waals surface area contributed by atoms with Gasteiger partial charge in [0.15, 0.2) is 0 Å². The van der Waals surface area contributed by atoms with E-state index in [9.17, 15) is 0 Å². The maximum absolute atomic E-state index is 5.56. The van der Waals surface area contributed by atoms with Crippen LogP contribution in [-0.4, -0.2) is 36.7 Å². The summed E-state index contributed by atoms with van der Waals surface area (Å²) in [4.78, 5) is 2.58. The average Bonchev–Trinajstić information content (AvgIpc) is 2.65. The molecule has 0 bridgehead atoms. The minimum Gasteiger partial charge on any atom is -0.494 e. The summed E-state index contributed by atoms with van der Waals surface area (Å²) in [5.41, 5.74) is 1.18. The third-order valence-corrected chi connectivity index (χ3v) is 4.01. The number of hydrogen-bond acceptors (Lipinski definition) is 3. The molecule has 3 heteroatoms. The topological polar surface area (TPSA) is 24.5 Å². The van der Waals surface area contributed by atoms with Crippen molar-refractivity contribution >= 4 is 5.69 Å². The van der Waals surface area contributed by atoms with Crippen LogP contribution in [-0.2, 0) is 0 Å². The van der Waals surface area contributed by atoms with Gasteiger partial charge in [-0.15, -0.1) is 0 Å². The second-order valence-corrected chi connectivity index (χ2v) is 5.86. The van der Waals surface area contributed by atoms with Crippen LogP contribution in [0.5, 0.6) is 5.75 Å². The van der Waals surface area contributed by atoms with Crippen LogP contribution in [0.1, 0.15) is 40.0 Å². The van der Waals surface area contributed by atoms with Crippen molar-refractivity contribution in [3.8, 4) is 5.75 Å². The summed E-state index contributed by atoms with van der Waals surface area (Å²) in [6.45, 7) is 9.75. The van der Waals surface area contributed by atoms with E-state index < -0.39 is 0 Å². The summed E-state index contributed by atoms with van der Waals surface area (Å²) in [7, 11) is 0. The highest BCUT2D eigenvalue weighted by Gasteiger charge is 2.18. The second-order valence-electron chi connectivity index (χ2n) is 5.86. The van der Waals surface area contributed by atoms with Crippen LogP contribution in [0, 0.1) is 0 Å². The molecule has 0 saturated carbocycles.